The Morgan fingerprint density at radius 3 is 2.65 bits per heavy atom. The Balaban J connectivity index is 1.76. The van der Waals surface area contributed by atoms with Crippen molar-refractivity contribution in [3.05, 3.63) is 65.2 Å². The van der Waals surface area contributed by atoms with Gasteiger partial charge in [0.1, 0.15) is 16.5 Å². The van der Waals surface area contributed by atoms with Crippen LogP contribution in [0.15, 0.2) is 53.9 Å². The first-order chi connectivity index (χ1) is 11.2. The van der Waals surface area contributed by atoms with Gasteiger partial charge in [-0.05, 0) is 48.9 Å². The van der Waals surface area contributed by atoms with Gasteiger partial charge in [0.2, 0.25) is 0 Å². The van der Waals surface area contributed by atoms with Gasteiger partial charge in [0.05, 0.1) is 7.11 Å². The molecule has 0 unspecified atom stereocenters. The fourth-order valence-electron chi connectivity index (χ4n) is 2.16. The zero-order valence-corrected chi connectivity index (χ0v) is 13.7. The number of methoxy groups -OCH3 is 1. The molecule has 1 heterocycles. The van der Waals surface area contributed by atoms with Gasteiger partial charge in [0.15, 0.2) is 0 Å². The lowest BCUT2D eigenvalue weighted by Gasteiger charge is -2.03. The number of amides is 1. The largest absolute Gasteiger partial charge is 0.497 e. The van der Waals surface area contributed by atoms with Gasteiger partial charge in [-0.1, -0.05) is 12.1 Å². The van der Waals surface area contributed by atoms with Crippen molar-refractivity contribution in [1.29, 1.82) is 0 Å². The minimum absolute atomic E-state index is 0.202. The SMILES string of the molecule is COc1ccc(-c2nc(C(=O)Nc3cccc(C)c3)cs2)cc1. The summed E-state index contributed by atoms with van der Waals surface area (Å²) in [6, 6.07) is 15.3. The zero-order valence-electron chi connectivity index (χ0n) is 12.9. The Morgan fingerprint density at radius 1 is 1.17 bits per heavy atom. The molecule has 0 saturated heterocycles. The summed E-state index contributed by atoms with van der Waals surface area (Å²) in [6.07, 6.45) is 0. The van der Waals surface area contributed by atoms with E-state index in [0.29, 0.717) is 5.69 Å². The number of benzene rings is 2. The van der Waals surface area contributed by atoms with Gasteiger partial charge in [-0.2, -0.15) is 0 Å². The maximum Gasteiger partial charge on any atom is 0.275 e. The molecule has 116 valence electrons. The van der Waals surface area contributed by atoms with E-state index in [-0.39, 0.29) is 5.91 Å². The maximum atomic E-state index is 12.3. The number of carbonyl (C=O) groups excluding carboxylic acids is 1. The van der Waals surface area contributed by atoms with Gasteiger partial charge < -0.3 is 10.1 Å². The van der Waals surface area contributed by atoms with Crippen LogP contribution in [0.2, 0.25) is 0 Å². The fraction of sp³-hybridized carbons (Fsp3) is 0.111. The van der Waals surface area contributed by atoms with Crippen LogP contribution in [0.3, 0.4) is 0 Å². The van der Waals surface area contributed by atoms with Gasteiger partial charge in [0.25, 0.3) is 5.91 Å². The lowest BCUT2D eigenvalue weighted by molar-refractivity contribution is 0.102. The Hall–Kier alpha value is -2.66. The van der Waals surface area contributed by atoms with Crippen LogP contribution >= 0.6 is 11.3 Å². The van der Waals surface area contributed by atoms with Crippen LogP contribution in [-0.2, 0) is 0 Å². The summed E-state index contributed by atoms with van der Waals surface area (Å²) in [5, 5.41) is 5.44. The quantitative estimate of drug-likeness (QED) is 0.775. The molecule has 0 aliphatic heterocycles. The van der Waals surface area contributed by atoms with E-state index in [9.17, 15) is 4.79 Å². The van der Waals surface area contributed by atoms with Gasteiger partial charge in [0, 0.05) is 16.6 Å². The first-order valence-corrected chi connectivity index (χ1v) is 8.01. The number of ether oxygens (including phenoxy) is 1. The molecule has 5 heteroatoms. The number of nitrogens with one attached hydrogen (secondary N) is 1. The van der Waals surface area contributed by atoms with Gasteiger partial charge in [-0.15, -0.1) is 11.3 Å². The van der Waals surface area contributed by atoms with Crippen LogP contribution in [0, 0.1) is 6.92 Å². The van der Waals surface area contributed by atoms with Crippen molar-refractivity contribution in [3.63, 3.8) is 0 Å². The standard InChI is InChI=1S/C18H16N2O2S/c1-12-4-3-5-14(10-12)19-17(21)16-11-23-18(20-16)13-6-8-15(22-2)9-7-13/h3-11H,1-2H3,(H,19,21). The molecule has 0 atom stereocenters. The molecular formula is C18H16N2O2S. The third-order valence-corrected chi connectivity index (χ3v) is 4.24. The van der Waals surface area contributed by atoms with Crippen LogP contribution in [-0.4, -0.2) is 18.0 Å². The average molecular weight is 324 g/mol. The Labute approximate surface area is 138 Å². The molecule has 23 heavy (non-hydrogen) atoms. The molecule has 0 fully saturated rings. The maximum absolute atomic E-state index is 12.3. The van der Waals surface area contributed by atoms with Gasteiger partial charge >= 0.3 is 0 Å². The van der Waals surface area contributed by atoms with Crippen molar-refractivity contribution in [1.82, 2.24) is 4.98 Å². The minimum atomic E-state index is -0.202. The number of anilines is 1. The Bertz CT molecular complexity index is 825. The molecule has 2 aromatic carbocycles. The molecule has 3 rings (SSSR count). The summed E-state index contributed by atoms with van der Waals surface area (Å²) < 4.78 is 5.14. The number of aromatic nitrogens is 1. The van der Waals surface area contributed by atoms with Crippen molar-refractivity contribution in [2.45, 2.75) is 6.92 Å². The zero-order chi connectivity index (χ0) is 16.2. The summed E-state index contributed by atoms with van der Waals surface area (Å²) in [5.41, 5.74) is 3.25. The summed E-state index contributed by atoms with van der Waals surface area (Å²) in [4.78, 5) is 16.7. The van der Waals surface area contributed by atoms with Gasteiger partial charge in [-0.3, -0.25) is 4.79 Å². The topological polar surface area (TPSA) is 51.2 Å². The summed E-state index contributed by atoms with van der Waals surface area (Å²) >= 11 is 1.45. The number of carbonyl (C=O) groups is 1. The third kappa shape index (κ3) is 3.57. The molecule has 0 aliphatic rings. The number of hydrogen-bond acceptors (Lipinski definition) is 4. The monoisotopic (exact) mass is 324 g/mol. The lowest BCUT2D eigenvalue weighted by atomic mass is 10.2. The number of nitrogens with zero attached hydrogens (tertiary/aromatic N) is 1. The molecule has 3 aromatic rings. The summed E-state index contributed by atoms with van der Waals surface area (Å²) in [6.45, 7) is 1.99. The summed E-state index contributed by atoms with van der Waals surface area (Å²) in [5.74, 6) is 0.592. The van der Waals surface area contributed by atoms with Crippen molar-refractivity contribution < 1.29 is 9.53 Å². The predicted molar refractivity (Wildman–Crippen MR) is 93.2 cm³/mol. The second-order valence-electron chi connectivity index (χ2n) is 5.09. The molecule has 1 N–H and O–H groups in total. The van der Waals surface area contributed by atoms with E-state index in [1.165, 1.54) is 11.3 Å². The molecule has 1 aromatic heterocycles. The summed E-state index contributed by atoms with van der Waals surface area (Å²) in [7, 11) is 1.63. The molecule has 1 amide bonds. The van der Waals surface area contributed by atoms with Crippen LogP contribution in [0.4, 0.5) is 5.69 Å². The van der Waals surface area contributed by atoms with Crippen LogP contribution in [0.25, 0.3) is 10.6 Å². The van der Waals surface area contributed by atoms with E-state index >= 15 is 0 Å². The van der Waals surface area contributed by atoms with Crippen LogP contribution < -0.4 is 10.1 Å². The Morgan fingerprint density at radius 2 is 1.96 bits per heavy atom. The van der Waals surface area contributed by atoms with E-state index in [0.717, 1.165) is 27.6 Å². The van der Waals surface area contributed by atoms with Crippen LogP contribution in [0.1, 0.15) is 16.1 Å². The number of rotatable bonds is 4. The average Bonchev–Trinajstić information content (AvgIpc) is 3.05. The van der Waals surface area contributed by atoms with Crippen molar-refractivity contribution in [2.75, 3.05) is 12.4 Å². The highest BCUT2D eigenvalue weighted by molar-refractivity contribution is 7.13. The minimum Gasteiger partial charge on any atom is -0.497 e. The highest BCUT2D eigenvalue weighted by Crippen LogP contribution is 2.26. The highest BCUT2D eigenvalue weighted by atomic mass is 32.1. The fourth-order valence-corrected chi connectivity index (χ4v) is 2.97. The van der Waals surface area contributed by atoms with E-state index in [1.54, 1.807) is 12.5 Å². The second kappa shape index (κ2) is 6.62. The Kier molecular flexibility index (Phi) is 4.39. The normalized spacial score (nSPS) is 10.3. The van der Waals surface area contributed by atoms with E-state index in [4.69, 9.17) is 4.74 Å². The predicted octanol–water partition coefficient (Wildman–Crippen LogP) is 4.38. The lowest BCUT2D eigenvalue weighted by Crippen LogP contribution is -2.12. The number of hydrogen-bond donors (Lipinski definition) is 1. The van der Waals surface area contributed by atoms with E-state index in [1.807, 2.05) is 55.5 Å². The number of thiazole rings is 1. The molecule has 0 aliphatic carbocycles. The number of aryl methyl sites for hydroxylation is 1. The smallest absolute Gasteiger partial charge is 0.275 e. The third-order valence-electron chi connectivity index (χ3n) is 3.35. The van der Waals surface area contributed by atoms with Crippen LogP contribution in [0.5, 0.6) is 5.75 Å². The molecule has 0 bridgehead atoms. The van der Waals surface area contributed by atoms with Crippen molar-refractivity contribution >= 4 is 22.9 Å². The molecule has 0 spiro atoms. The molecular weight excluding hydrogens is 308 g/mol. The molecule has 4 nitrogen and oxygen atoms in total. The van der Waals surface area contributed by atoms with E-state index in [2.05, 4.69) is 10.3 Å². The highest BCUT2D eigenvalue weighted by Gasteiger charge is 2.12. The first-order valence-electron chi connectivity index (χ1n) is 7.13. The molecule has 0 saturated carbocycles. The molecule has 0 radical (unpaired) electrons. The van der Waals surface area contributed by atoms with Crippen molar-refractivity contribution in [2.24, 2.45) is 0 Å². The second-order valence-corrected chi connectivity index (χ2v) is 5.95. The van der Waals surface area contributed by atoms with E-state index < -0.39 is 0 Å². The van der Waals surface area contributed by atoms with Crippen molar-refractivity contribution in [3.8, 4) is 16.3 Å². The first kappa shape index (κ1) is 15.2. The van der Waals surface area contributed by atoms with Gasteiger partial charge in [-0.25, -0.2) is 4.98 Å².